The number of ether oxygens (including phenoxy) is 3. The first kappa shape index (κ1) is 17.1. The van der Waals surface area contributed by atoms with Crippen molar-refractivity contribution in [1.29, 1.82) is 0 Å². The van der Waals surface area contributed by atoms with Gasteiger partial charge in [0.2, 0.25) is 18.4 Å². The molecule has 1 atom stereocenters. The molecule has 0 aliphatic carbocycles. The quantitative estimate of drug-likeness (QED) is 0.806. The maximum atomic E-state index is 11.1. The first-order chi connectivity index (χ1) is 12.0. The van der Waals surface area contributed by atoms with E-state index in [0.29, 0.717) is 30.4 Å². The lowest BCUT2D eigenvalue weighted by Crippen LogP contribution is -2.38. The summed E-state index contributed by atoms with van der Waals surface area (Å²) in [6.07, 6.45) is 0. The van der Waals surface area contributed by atoms with Gasteiger partial charge in [-0.1, -0.05) is 35.9 Å². The summed E-state index contributed by atoms with van der Waals surface area (Å²) in [7, 11) is 0. The number of carbonyl (C=O) groups excluding carboxylic acids is 1. The molecular weight excluding hydrogens is 320 g/mol. The molecule has 0 radical (unpaired) electrons. The predicted molar refractivity (Wildman–Crippen MR) is 93.6 cm³/mol. The molecule has 3 rings (SSSR count). The van der Waals surface area contributed by atoms with Gasteiger partial charge in [0.1, 0.15) is 6.61 Å². The van der Waals surface area contributed by atoms with Crippen molar-refractivity contribution in [2.24, 2.45) is 5.73 Å². The molecule has 1 heterocycles. The van der Waals surface area contributed by atoms with Gasteiger partial charge in [-0.3, -0.25) is 4.79 Å². The Bertz CT molecular complexity index is 759. The van der Waals surface area contributed by atoms with Gasteiger partial charge >= 0.3 is 0 Å². The van der Waals surface area contributed by atoms with Gasteiger partial charge in [-0.05, 0) is 25.5 Å². The Hall–Kier alpha value is -2.73. The molecule has 25 heavy (non-hydrogen) atoms. The predicted octanol–water partition coefficient (Wildman–Crippen LogP) is 2.27. The van der Waals surface area contributed by atoms with Crippen LogP contribution in [0.1, 0.15) is 23.6 Å². The number of primary amides is 1. The van der Waals surface area contributed by atoms with Gasteiger partial charge in [0.15, 0.2) is 11.5 Å². The van der Waals surface area contributed by atoms with Crippen molar-refractivity contribution in [1.82, 2.24) is 5.32 Å². The molecule has 0 fully saturated rings. The van der Waals surface area contributed by atoms with Crippen LogP contribution in [0.25, 0.3) is 0 Å². The van der Waals surface area contributed by atoms with Crippen molar-refractivity contribution in [2.75, 3.05) is 6.79 Å². The third-order valence-corrected chi connectivity index (χ3v) is 4.10. The van der Waals surface area contributed by atoms with E-state index in [9.17, 15) is 4.79 Å². The summed E-state index contributed by atoms with van der Waals surface area (Å²) in [4.78, 5) is 11.1. The molecule has 1 unspecified atom stereocenters. The zero-order valence-corrected chi connectivity index (χ0v) is 14.4. The van der Waals surface area contributed by atoms with Gasteiger partial charge < -0.3 is 25.3 Å². The summed E-state index contributed by atoms with van der Waals surface area (Å²) in [6, 6.07) is 11.5. The molecule has 1 amide bonds. The van der Waals surface area contributed by atoms with Crippen LogP contribution < -0.4 is 25.3 Å². The van der Waals surface area contributed by atoms with Crippen molar-refractivity contribution < 1.29 is 19.0 Å². The highest BCUT2D eigenvalue weighted by Gasteiger charge is 2.23. The first-order valence-electron chi connectivity index (χ1n) is 8.17. The highest BCUT2D eigenvalue weighted by Crippen LogP contribution is 2.43. The van der Waals surface area contributed by atoms with Gasteiger partial charge in [-0.2, -0.15) is 0 Å². The minimum atomic E-state index is -0.421. The monoisotopic (exact) mass is 342 g/mol. The molecule has 0 spiro atoms. The van der Waals surface area contributed by atoms with Crippen molar-refractivity contribution in [3.63, 3.8) is 0 Å². The Morgan fingerprint density at radius 3 is 2.64 bits per heavy atom. The van der Waals surface area contributed by atoms with E-state index in [1.54, 1.807) is 6.92 Å². The second kappa shape index (κ2) is 7.44. The molecule has 2 aromatic carbocycles. The third-order valence-electron chi connectivity index (χ3n) is 4.10. The van der Waals surface area contributed by atoms with Crippen molar-refractivity contribution >= 4 is 5.91 Å². The Kier molecular flexibility index (Phi) is 5.09. The third kappa shape index (κ3) is 4.03. The topological polar surface area (TPSA) is 82.8 Å². The number of fused-ring (bicyclic) bond motifs is 1. The molecule has 0 aromatic heterocycles. The fraction of sp³-hybridized carbons (Fsp3) is 0.316. The van der Waals surface area contributed by atoms with Crippen LogP contribution in [0.3, 0.4) is 0 Å². The Labute approximate surface area is 146 Å². The molecule has 0 bridgehead atoms. The molecule has 0 saturated heterocycles. The van der Waals surface area contributed by atoms with E-state index in [1.165, 1.54) is 5.56 Å². The smallest absolute Gasteiger partial charge is 0.234 e. The average molecular weight is 342 g/mol. The van der Waals surface area contributed by atoms with E-state index >= 15 is 0 Å². The Morgan fingerprint density at radius 1 is 1.20 bits per heavy atom. The normalized spacial score (nSPS) is 13.5. The second-order valence-corrected chi connectivity index (χ2v) is 6.07. The van der Waals surface area contributed by atoms with Gasteiger partial charge in [-0.15, -0.1) is 0 Å². The molecule has 2 aromatic rings. The number of nitrogens with one attached hydrogen (secondary N) is 1. The van der Waals surface area contributed by atoms with Crippen LogP contribution in [0, 0.1) is 6.92 Å². The highest BCUT2D eigenvalue weighted by atomic mass is 16.7. The van der Waals surface area contributed by atoms with Gasteiger partial charge in [0, 0.05) is 12.1 Å². The number of carbonyl (C=O) groups is 1. The second-order valence-electron chi connectivity index (χ2n) is 6.07. The van der Waals surface area contributed by atoms with Crippen LogP contribution >= 0.6 is 0 Å². The minimum Gasteiger partial charge on any atom is -0.485 e. The molecule has 132 valence electrons. The lowest BCUT2D eigenvalue weighted by molar-refractivity contribution is -0.119. The molecule has 6 nitrogen and oxygen atoms in total. The number of benzene rings is 2. The summed E-state index contributed by atoms with van der Waals surface area (Å²) >= 11 is 0. The SMILES string of the molecule is Cc1ccc(COc2ccc(CNC(C)C(N)=O)c3c2OCO3)cc1. The number of amides is 1. The summed E-state index contributed by atoms with van der Waals surface area (Å²) in [5, 5.41) is 3.06. The van der Waals surface area contributed by atoms with Crippen LogP contribution in [0.4, 0.5) is 0 Å². The summed E-state index contributed by atoms with van der Waals surface area (Å²) < 4.78 is 17.0. The van der Waals surface area contributed by atoms with Crippen molar-refractivity contribution in [3.8, 4) is 17.2 Å². The van der Waals surface area contributed by atoms with Crippen LogP contribution in [0.2, 0.25) is 0 Å². The molecule has 6 heteroatoms. The lowest BCUT2D eigenvalue weighted by Gasteiger charge is -2.14. The Balaban J connectivity index is 1.70. The average Bonchev–Trinajstić information content (AvgIpc) is 3.09. The minimum absolute atomic E-state index is 0.151. The standard InChI is InChI=1S/C19H22N2O4/c1-12-3-5-14(6-4-12)10-23-16-8-7-15(9-21-13(2)19(20)22)17-18(16)25-11-24-17/h3-8,13,21H,9-11H2,1-2H3,(H2,20,22). The summed E-state index contributed by atoms with van der Waals surface area (Å²) in [5.41, 5.74) is 8.45. The van der Waals surface area contributed by atoms with Crippen LogP contribution in [0.15, 0.2) is 36.4 Å². The molecule has 1 aliphatic rings. The van der Waals surface area contributed by atoms with E-state index in [2.05, 4.69) is 24.4 Å². The van der Waals surface area contributed by atoms with E-state index in [0.717, 1.165) is 11.1 Å². The number of rotatable bonds is 7. The van der Waals surface area contributed by atoms with Gasteiger partial charge in [-0.25, -0.2) is 0 Å². The van der Waals surface area contributed by atoms with E-state index < -0.39 is 11.9 Å². The summed E-state index contributed by atoms with van der Waals surface area (Å²) in [6.45, 7) is 4.83. The number of hydrogen-bond acceptors (Lipinski definition) is 5. The highest BCUT2D eigenvalue weighted by molar-refractivity contribution is 5.79. The summed E-state index contributed by atoms with van der Waals surface area (Å²) in [5.74, 6) is 1.48. The van der Waals surface area contributed by atoms with Crippen LogP contribution in [-0.2, 0) is 17.9 Å². The van der Waals surface area contributed by atoms with Gasteiger partial charge in [0.05, 0.1) is 6.04 Å². The number of hydrogen-bond donors (Lipinski definition) is 2. The largest absolute Gasteiger partial charge is 0.485 e. The van der Waals surface area contributed by atoms with Crippen LogP contribution in [0.5, 0.6) is 17.2 Å². The lowest BCUT2D eigenvalue weighted by atomic mass is 10.1. The van der Waals surface area contributed by atoms with E-state index in [4.69, 9.17) is 19.9 Å². The Morgan fingerprint density at radius 2 is 1.92 bits per heavy atom. The fourth-order valence-corrected chi connectivity index (χ4v) is 2.49. The first-order valence-corrected chi connectivity index (χ1v) is 8.17. The fourth-order valence-electron chi connectivity index (χ4n) is 2.49. The zero-order valence-electron chi connectivity index (χ0n) is 14.4. The molecule has 3 N–H and O–H groups in total. The van der Waals surface area contributed by atoms with E-state index in [1.807, 2.05) is 24.3 Å². The van der Waals surface area contributed by atoms with Gasteiger partial charge in [0.25, 0.3) is 0 Å². The van der Waals surface area contributed by atoms with Crippen molar-refractivity contribution in [3.05, 3.63) is 53.1 Å². The maximum absolute atomic E-state index is 11.1. The zero-order chi connectivity index (χ0) is 17.8. The molecular formula is C19H22N2O4. The van der Waals surface area contributed by atoms with Crippen molar-refractivity contribution in [2.45, 2.75) is 33.0 Å². The van der Waals surface area contributed by atoms with Crippen LogP contribution in [-0.4, -0.2) is 18.7 Å². The van der Waals surface area contributed by atoms with E-state index in [-0.39, 0.29) is 6.79 Å². The molecule has 0 saturated carbocycles. The molecule has 1 aliphatic heterocycles. The number of aryl methyl sites for hydroxylation is 1. The number of nitrogens with two attached hydrogens (primary N) is 1. The maximum Gasteiger partial charge on any atom is 0.234 e.